The van der Waals surface area contributed by atoms with Gasteiger partial charge in [0.15, 0.2) is 5.78 Å². The summed E-state index contributed by atoms with van der Waals surface area (Å²) >= 11 is 5.62. The second-order valence-corrected chi connectivity index (χ2v) is 4.75. The quantitative estimate of drug-likeness (QED) is 0.696. The molecule has 0 N–H and O–H groups in total. The molecule has 0 saturated heterocycles. The number of ketones is 1. The summed E-state index contributed by atoms with van der Waals surface area (Å²) in [6.07, 6.45) is 2.40. The summed E-state index contributed by atoms with van der Waals surface area (Å²) in [5.41, 5.74) is 0.496. The first-order valence-corrected chi connectivity index (χ1v) is 5.86. The van der Waals surface area contributed by atoms with Crippen LogP contribution in [0.1, 0.15) is 43.5 Å². The third kappa shape index (κ3) is 3.93. The molecule has 16 heavy (non-hydrogen) atoms. The minimum atomic E-state index is -0.486. The van der Waals surface area contributed by atoms with Crippen LogP contribution in [0.5, 0.6) is 0 Å². The fourth-order valence-corrected chi connectivity index (χ4v) is 1.67. The minimum Gasteiger partial charge on any atom is -0.294 e. The number of Topliss-reactive ketones (excluding diaryl/α,β-unsaturated/α-hetero) is 1. The zero-order valence-electron chi connectivity index (χ0n) is 9.59. The molecule has 1 aromatic rings. The van der Waals surface area contributed by atoms with Crippen LogP contribution in [0.15, 0.2) is 18.2 Å². The van der Waals surface area contributed by atoms with E-state index in [9.17, 15) is 9.18 Å². The van der Waals surface area contributed by atoms with Crippen LogP contribution in [0.4, 0.5) is 4.39 Å². The van der Waals surface area contributed by atoms with E-state index in [-0.39, 0.29) is 10.8 Å². The van der Waals surface area contributed by atoms with E-state index >= 15 is 0 Å². The van der Waals surface area contributed by atoms with E-state index in [0.717, 1.165) is 12.8 Å². The Morgan fingerprint density at radius 2 is 2.12 bits per heavy atom. The van der Waals surface area contributed by atoms with Gasteiger partial charge in [0.25, 0.3) is 0 Å². The van der Waals surface area contributed by atoms with E-state index in [4.69, 9.17) is 11.6 Å². The molecule has 0 spiro atoms. The molecule has 0 unspecified atom stereocenters. The monoisotopic (exact) mass is 242 g/mol. The van der Waals surface area contributed by atoms with E-state index < -0.39 is 5.82 Å². The predicted molar refractivity (Wildman–Crippen MR) is 64.4 cm³/mol. The van der Waals surface area contributed by atoms with Crippen LogP contribution in [0.3, 0.4) is 0 Å². The van der Waals surface area contributed by atoms with Gasteiger partial charge in [0.05, 0.1) is 5.02 Å². The first-order chi connectivity index (χ1) is 7.50. The lowest BCUT2D eigenvalue weighted by Gasteiger charge is -2.04. The van der Waals surface area contributed by atoms with Gasteiger partial charge in [-0.1, -0.05) is 31.9 Å². The molecule has 1 rings (SSSR count). The number of halogens is 2. The van der Waals surface area contributed by atoms with Crippen LogP contribution in [-0.4, -0.2) is 5.78 Å². The normalized spacial score (nSPS) is 10.8. The summed E-state index contributed by atoms with van der Waals surface area (Å²) in [6, 6.07) is 4.12. The molecule has 0 amide bonds. The molecule has 3 heteroatoms. The van der Waals surface area contributed by atoms with Crippen LogP contribution in [-0.2, 0) is 0 Å². The van der Waals surface area contributed by atoms with Crippen LogP contribution in [0.25, 0.3) is 0 Å². The fraction of sp³-hybridized carbons (Fsp3) is 0.462. The molecule has 0 heterocycles. The van der Waals surface area contributed by atoms with E-state index in [1.54, 1.807) is 0 Å². The van der Waals surface area contributed by atoms with Gasteiger partial charge in [-0.15, -0.1) is 0 Å². The van der Waals surface area contributed by atoms with Gasteiger partial charge in [-0.2, -0.15) is 0 Å². The summed E-state index contributed by atoms with van der Waals surface area (Å²) < 4.78 is 12.9. The highest BCUT2D eigenvalue weighted by atomic mass is 35.5. The number of rotatable bonds is 5. The van der Waals surface area contributed by atoms with Gasteiger partial charge in [0, 0.05) is 12.0 Å². The van der Waals surface area contributed by atoms with Crippen molar-refractivity contribution in [1.29, 1.82) is 0 Å². The lowest BCUT2D eigenvalue weighted by molar-refractivity contribution is 0.0978. The van der Waals surface area contributed by atoms with Crippen molar-refractivity contribution < 1.29 is 9.18 Å². The average molecular weight is 243 g/mol. The molecule has 0 aliphatic carbocycles. The summed E-state index contributed by atoms with van der Waals surface area (Å²) in [6.45, 7) is 4.25. The summed E-state index contributed by atoms with van der Waals surface area (Å²) in [5, 5.41) is 0.00899. The van der Waals surface area contributed by atoms with Crippen molar-refractivity contribution in [3.63, 3.8) is 0 Å². The Balaban J connectivity index is 2.56. The molecule has 1 aromatic carbocycles. The summed E-state index contributed by atoms with van der Waals surface area (Å²) in [5.74, 6) is 0.146. The van der Waals surface area contributed by atoms with Crippen molar-refractivity contribution >= 4 is 17.4 Å². The van der Waals surface area contributed by atoms with Crippen molar-refractivity contribution in [2.75, 3.05) is 0 Å². The van der Waals surface area contributed by atoms with Crippen molar-refractivity contribution in [2.45, 2.75) is 33.1 Å². The maximum Gasteiger partial charge on any atom is 0.162 e. The number of carbonyl (C=O) groups excluding carboxylic acids is 1. The predicted octanol–water partition coefficient (Wildman–Crippen LogP) is 4.49. The molecule has 0 fully saturated rings. The number of hydrogen-bond acceptors (Lipinski definition) is 1. The topological polar surface area (TPSA) is 17.1 Å². The van der Waals surface area contributed by atoms with E-state index in [0.29, 0.717) is 17.9 Å². The van der Waals surface area contributed by atoms with Crippen LogP contribution in [0.2, 0.25) is 5.02 Å². The highest BCUT2D eigenvalue weighted by Crippen LogP contribution is 2.18. The standard InChI is InChI=1S/C13H16ClFO/c1-9(2)4-3-5-13(16)10-6-7-12(15)11(14)8-10/h6-9H,3-5H2,1-2H3. The van der Waals surface area contributed by atoms with Crippen molar-refractivity contribution in [3.8, 4) is 0 Å². The van der Waals surface area contributed by atoms with E-state index in [2.05, 4.69) is 13.8 Å². The number of benzene rings is 1. The van der Waals surface area contributed by atoms with Gasteiger partial charge in [-0.3, -0.25) is 4.79 Å². The Bertz CT molecular complexity index is 374. The number of hydrogen-bond donors (Lipinski definition) is 0. The smallest absolute Gasteiger partial charge is 0.162 e. The Morgan fingerprint density at radius 1 is 1.44 bits per heavy atom. The second kappa shape index (κ2) is 6.00. The Labute approximate surface area is 101 Å². The van der Waals surface area contributed by atoms with Crippen molar-refractivity contribution in [1.82, 2.24) is 0 Å². The maximum absolute atomic E-state index is 12.9. The molecular formula is C13H16ClFO. The zero-order valence-corrected chi connectivity index (χ0v) is 10.4. The molecule has 0 atom stereocenters. The molecule has 0 aliphatic rings. The SMILES string of the molecule is CC(C)CCCC(=O)c1ccc(F)c(Cl)c1. The molecule has 0 bridgehead atoms. The van der Waals surface area contributed by atoms with E-state index in [1.165, 1.54) is 18.2 Å². The second-order valence-electron chi connectivity index (χ2n) is 4.34. The summed E-state index contributed by atoms with van der Waals surface area (Å²) in [7, 11) is 0. The zero-order chi connectivity index (χ0) is 12.1. The fourth-order valence-electron chi connectivity index (χ4n) is 1.48. The largest absolute Gasteiger partial charge is 0.294 e. The van der Waals surface area contributed by atoms with Gasteiger partial charge in [0.2, 0.25) is 0 Å². The van der Waals surface area contributed by atoms with Crippen LogP contribution < -0.4 is 0 Å². The molecule has 1 nitrogen and oxygen atoms in total. The molecule has 0 aliphatic heterocycles. The van der Waals surface area contributed by atoms with Crippen molar-refractivity contribution in [2.24, 2.45) is 5.92 Å². The highest BCUT2D eigenvalue weighted by Gasteiger charge is 2.08. The third-order valence-corrected chi connectivity index (χ3v) is 2.72. The Hall–Kier alpha value is -0.890. The maximum atomic E-state index is 12.9. The summed E-state index contributed by atoms with van der Waals surface area (Å²) in [4.78, 5) is 11.7. The molecule has 88 valence electrons. The lowest BCUT2D eigenvalue weighted by Crippen LogP contribution is -2.00. The van der Waals surface area contributed by atoms with Gasteiger partial charge >= 0.3 is 0 Å². The van der Waals surface area contributed by atoms with Gasteiger partial charge in [-0.25, -0.2) is 4.39 Å². The first kappa shape index (κ1) is 13.2. The minimum absolute atomic E-state index is 0.00899. The van der Waals surface area contributed by atoms with Gasteiger partial charge in [-0.05, 0) is 30.5 Å². The van der Waals surface area contributed by atoms with Crippen LogP contribution in [0, 0.1) is 11.7 Å². The third-order valence-electron chi connectivity index (χ3n) is 2.43. The number of carbonyl (C=O) groups is 1. The molecule has 0 aromatic heterocycles. The molecule has 0 radical (unpaired) electrons. The lowest BCUT2D eigenvalue weighted by atomic mass is 10.0. The van der Waals surface area contributed by atoms with Gasteiger partial charge in [0.1, 0.15) is 5.82 Å². The molecular weight excluding hydrogens is 227 g/mol. The van der Waals surface area contributed by atoms with E-state index in [1.807, 2.05) is 0 Å². The van der Waals surface area contributed by atoms with Crippen LogP contribution >= 0.6 is 11.6 Å². The Kier molecular flexibility index (Phi) is 4.94. The van der Waals surface area contributed by atoms with Gasteiger partial charge < -0.3 is 0 Å². The highest BCUT2D eigenvalue weighted by molar-refractivity contribution is 6.31. The molecule has 0 saturated carbocycles. The average Bonchev–Trinajstić information content (AvgIpc) is 2.21. The Morgan fingerprint density at radius 3 is 2.69 bits per heavy atom. The first-order valence-electron chi connectivity index (χ1n) is 5.49. The van der Waals surface area contributed by atoms with Crippen molar-refractivity contribution in [3.05, 3.63) is 34.6 Å².